The quantitative estimate of drug-likeness (QED) is 0.0897. The van der Waals surface area contributed by atoms with Crippen LogP contribution in [0.4, 0.5) is 28.7 Å². The maximum Gasteiger partial charge on any atom is 0.278 e. The van der Waals surface area contributed by atoms with Gasteiger partial charge in [0.2, 0.25) is 17.8 Å². The molecular weight excluding hydrogens is 743 g/mol. The second-order valence-corrected chi connectivity index (χ2v) is 16.3. The Bertz CT molecular complexity index is 2390. The SMILES string of the molecule is C=CCn1c(=O)c2cnc(Nc3ccc(N4CCC(NC5CCN(c6ccc(NC7CCC(=O)NC7=O)cc6)CC5)CC4)cc3)nc2n1-c1ccc2c(n1)C(CC)CC2. The number of hydrogen-bond acceptors (Lipinski definition) is 11. The van der Waals surface area contributed by atoms with Crippen LogP contribution in [0.2, 0.25) is 0 Å². The smallest absolute Gasteiger partial charge is 0.278 e. The molecule has 3 fully saturated rings. The van der Waals surface area contributed by atoms with Gasteiger partial charge in [-0.15, -0.1) is 6.58 Å². The van der Waals surface area contributed by atoms with Gasteiger partial charge in [-0.3, -0.25) is 19.7 Å². The van der Waals surface area contributed by atoms with Crippen molar-refractivity contribution in [3.63, 3.8) is 0 Å². The molecule has 14 heteroatoms. The third-order valence-corrected chi connectivity index (χ3v) is 12.6. The molecule has 2 amide bonds. The van der Waals surface area contributed by atoms with Crippen LogP contribution in [-0.2, 0) is 22.6 Å². The number of amides is 2. The molecular formula is C45H53N11O3. The van der Waals surface area contributed by atoms with Gasteiger partial charge >= 0.3 is 0 Å². The first-order chi connectivity index (χ1) is 28.8. The molecule has 14 nitrogen and oxygen atoms in total. The van der Waals surface area contributed by atoms with E-state index in [2.05, 4.69) is 92.0 Å². The fourth-order valence-corrected chi connectivity index (χ4v) is 9.28. The standard InChI is InChI=1S/C45H53N11O3/c1-3-23-55-44(59)37-28-46-45(52-42(37)56(55)39-17-7-30-6-5-29(4-2)41(30)50-39)49-32-10-14-36(15-11-32)54-26-21-34(22-27-54)47-33-19-24-53(25-20-33)35-12-8-31(9-13-35)48-38-16-18-40(57)51-43(38)58/h3,7-15,17,28-29,33-34,38,47-48H,1,4-6,16,18-27H2,2H3,(H,46,49,52)(H,51,57,58). The fourth-order valence-electron chi connectivity index (χ4n) is 9.28. The Balaban J connectivity index is 0.774. The lowest BCUT2D eigenvalue weighted by molar-refractivity contribution is -0.133. The van der Waals surface area contributed by atoms with Gasteiger partial charge in [-0.05, 0) is 112 Å². The summed E-state index contributed by atoms with van der Waals surface area (Å²) in [4.78, 5) is 56.5. The summed E-state index contributed by atoms with van der Waals surface area (Å²) in [5.41, 5.74) is 6.90. The maximum atomic E-state index is 13.5. The average Bonchev–Trinajstić information content (AvgIpc) is 3.80. The lowest BCUT2D eigenvalue weighted by Crippen LogP contribution is -2.50. The number of pyridine rings is 1. The Morgan fingerprint density at radius 2 is 1.46 bits per heavy atom. The van der Waals surface area contributed by atoms with Gasteiger partial charge in [-0.1, -0.05) is 19.1 Å². The van der Waals surface area contributed by atoms with E-state index in [1.807, 2.05) is 22.9 Å². The summed E-state index contributed by atoms with van der Waals surface area (Å²) in [5.74, 6) is 1.06. The van der Waals surface area contributed by atoms with Crippen LogP contribution in [-0.4, -0.2) is 80.4 Å². The monoisotopic (exact) mass is 795 g/mol. The number of aryl methyl sites for hydroxylation is 1. The molecule has 3 saturated heterocycles. The van der Waals surface area contributed by atoms with Crippen molar-refractivity contribution < 1.29 is 9.59 Å². The first-order valence-corrected chi connectivity index (χ1v) is 21.3. The number of nitrogens with zero attached hydrogens (tertiary/aromatic N) is 7. The van der Waals surface area contributed by atoms with E-state index in [9.17, 15) is 14.4 Å². The molecule has 3 aromatic heterocycles. The van der Waals surface area contributed by atoms with Crippen molar-refractivity contribution in [3.05, 3.63) is 101 Å². The van der Waals surface area contributed by atoms with Gasteiger partial charge in [0.05, 0.1) is 6.54 Å². The molecule has 59 heavy (non-hydrogen) atoms. The predicted molar refractivity (Wildman–Crippen MR) is 232 cm³/mol. The molecule has 3 aliphatic heterocycles. The number of piperidine rings is 3. The van der Waals surface area contributed by atoms with Crippen LogP contribution in [0, 0.1) is 0 Å². The van der Waals surface area contributed by atoms with E-state index < -0.39 is 0 Å². The summed E-state index contributed by atoms with van der Waals surface area (Å²) in [5, 5.41) is 13.5. The van der Waals surface area contributed by atoms with Gasteiger partial charge in [0.25, 0.3) is 5.56 Å². The molecule has 0 radical (unpaired) electrons. The third-order valence-electron chi connectivity index (χ3n) is 12.6. The fraction of sp³-hybridized carbons (Fsp3) is 0.422. The minimum absolute atomic E-state index is 0.170. The van der Waals surface area contributed by atoms with E-state index in [1.54, 1.807) is 17.0 Å². The zero-order valence-electron chi connectivity index (χ0n) is 33.7. The largest absolute Gasteiger partial charge is 0.374 e. The van der Waals surface area contributed by atoms with Gasteiger partial charge in [-0.2, -0.15) is 4.98 Å². The topological polar surface area (TPSA) is 154 Å². The van der Waals surface area contributed by atoms with Crippen molar-refractivity contribution in [1.82, 2.24) is 34.9 Å². The predicted octanol–water partition coefficient (Wildman–Crippen LogP) is 5.79. The molecule has 4 aliphatic rings. The zero-order valence-corrected chi connectivity index (χ0v) is 33.7. The van der Waals surface area contributed by atoms with Crippen molar-refractivity contribution in [2.24, 2.45) is 0 Å². The minimum atomic E-state index is -0.376. The summed E-state index contributed by atoms with van der Waals surface area (Å²) in [6.07, 6.45) is 11.8. The first kappa shape index (κ1) is 38.5. The minimum Gasteiger partial charge on any atom is -0.374 e. The van der Waals surface area contributed by atoms with Gasteiger partial charge < -0.3 is 25.8 Å². The molecule has 0 saturated carbocycles. The maximum absolute atomic E-state index is 13.5. The molecule has 2 atom stereocenters. The second kappa shape index (κ2) is 16.7. The summed E-state index contributed by atoms with van der Waals surface area (Å²) in [7, 11) is 0. The summed E-state index contributed by atoms with van der Waals surface area (Å²) < 4.78 is 3.45. The van der Waals surface area contributed by atoms with Gasteiger partial charge in [-0.25, -0.2) is 19.3 Å². The number of imide groups is 1. The molecule has 6 heterocycles. The zero-order chi connectivity index (χ0) is 40.5. The highest BCUT2D eigenvalue weighted by atomic mass is 16.2. The van der Waals surface area contributed by atoms with Crippen LogP contribution in [0.1, 0.15) is 75.5 Å². The van der Waals surface area contributed by atoms with Crippen molar-refractivity contribution in [2.75, 3.05) is 46.6 Å². The van der Waals surface area contributed by atoms with E-state index in [0.717, 1.165) is 88.2 Å². The van der Waals surface area contributed by atoms with Crippen LogP contribution >= 0.6 is 0 Å². The van der Waals surface area contributed by atoms with Gasteiger partial charge in [0.15, 0.2) is 11.5 Å². The van der Waals surface area contributed by atoms with Crippen LogP contribution in [0.5, 0.6) is 0 Å². The van der Waals surface area contributed by atoms with E-state index in [-0.39, 0.29) is 23.4 Å². The molecule has 4 N–H and O–H groups in total. The molecule has 2 unspecified atom stereocenters. The molecule has 0 bridgehead atoms. The van der Waals surface area contributed by atoms with E-state index in [4.69, 9.17) is 9.97 Å². The van der Waals surface area contributed by atoms with Gasteiger partial charge in [0.1, 0.15) is 11.4 Å². The van der Waals surface area contributed by atoms with Crippen molar-refractivity contribution in [1.29, 1.82) is 0 Å². The Labute approximate surface area is 344 Å². The number of carbonyl (C=O) groups is 2. The second-order valence-electron chi connectivity index (χ2n) is 16.3. The summed E-state index contributed by atoms with van der Waals surface area (Å²) in [6.45, 7) is 10.4. The van der Waals surface area contributed by atoms with Crippen LogP contribution in [0.25, 0.3) is 16.9 Å². The highest BCUT2D eigenvalue weighted by Crippen LogP contribution is 2.35. The molecule has 306 valence electrons. The highest BCUT2D eigenvalue weighted by Gasteiger charge is 2.28. The number of allylic oxidation sites excluding steroid dienone is 1. The number of carbonyl (C=O) groups excluding carboxylic acids is 2. The number of anilines is 5. The summed E-state index contributed by atoms with van der Waals surface area (Å²) in [6, 6.07) is 21.5. The number of nitrogens with one attached hydrogen (secondary N) is 4. The highest BCUT2D eigenvalue weighted by molar-refractivity contribution is 6.01. The van der Waals surface area contributed by atoms with Crippen molar-refractivity contribution >= 4 is 51.5 Å². The van der Waals surface area contributed by atoms with Crippen molar-refractivity contribution in [3.8, 4) is 5.82 Å². The van der Waals surface area contributed by atoms with Crippen LogP contribution < -0.4 is 36.6 Å². The molecule has 9 rings (SSSR count). The van der Waals surface area contributed by atoms with Crippen LogP contribution in [0.3, 0.4) is 0 Å². The van der Waals surface area contributed by atoms with Crippen molar-refractivity contribution in [2.45, 2.75) is 95.3 Å². The first-order valence-electron chi connectivity index (χ1n) is 21.3. The Morgan fingerprint density at radius 1 is 0.797 bits per heavy atom. The van der Waals surface area contributed by atoms with E-state index >= 15 is 0 Å². The molecule has 5 aromatic rings. The van der Waals surface area contributed by atoms with E-state index in [0.29, 0.717) is 60.2 Å². The van der Waals surface area contributed by atoms with Gasteiger partial charge in [0, 0.05) is 85.2 Å². The average molecular weight is 796 g/mol. The van der Waals surface area contributed by atoms with Crippen LogP contribution in [0.15, 0.2) is 84.3 Å². The molecule has 2 aromatic carbocycles. The third kappa shape index (κ3) is 8.05. The number of hydrogen-bond donors (Lipinski definition) is 4. The summed E-state index contributed by atoms with van der Waals surface area (Å²) >= 11 is 0. The Kier molecular flexibility index (Phi) is 10.9. The molecule has 1 aliphatic carbocycles. The number of fused-ring (bicyclic) bond motifs is 2. The number of rotatable bonds is 12. The molecule has 0 spiro atoms. The number of benzene rings is 2. The van der Waals surface area contributed by atoms with E-state index in [1.165, 1.54) is 16.9 Å². The lowest BCUT2D eigenvalue weighted by Gasteiger charge is -2.39. The Morgan fingerprint density at radius 3 is 2.08 bits per heavy atom. The lowest BCUT2D eigenvalue weighted by atomic mass is 9.99. The number of aromatic nitrogens is 5. The normalized spacial score (nSPS) is 20.2. The Hall–Kier alpha value is -6.02.